The number of benzene rings is 2. The van der Waals surface area contributed by atoms with Gasteiger partial charge in [0.1, 0.15) is 6.04 Å². The second-order valence-electron chi connectivity index (χ2n) is 8.69. The number of nitrogens with zero attached hydrogens (tertiary/aromatic N) is 2. The zero-order valence-electron chi connectivity index (χ0n) is 17.9. The molecule has 4 rings (SSSR count). The van der Waals surface area contributed by atoms with Gasteiger partial charge in [-0.05, 0) is 55.3 Å². The van der Waals surface area contributed by atoms with Crippen LogP contribution in [0.5, 0.6) is 0 Å². The van der Waals surface area contributed by atoms with Crippen LogP contribution in [0.1, 0.15) is 24.0 Å². The molecule has 1 heterocycles. The average molecular weight is 539 g/mol. The SMILES string of the molecule is CN1CCN(C(=O)C(Cc2ccc(Br)cc2)NC(=O)C2(c3ccc(Cl)cc3Cl)CC2)CC1. The summed E-state index contributed by atoms with van der Waals surface area (Å²) in [5.41, 5.74) is 1.08. The molecule has 1 aliphatic heterocycles. The average Bonchev–Trinajstić information content (AvgIpc) is 3.56. The zero-order valence-corrected chi connectivity index (χ0v) is 21.0. The number of piperazine rings is 1. The van der Waals surface area contributed by atoms with Gasteiger partial charge in [-0.25, -0.2) is 0 Å². The smallest absolute Gasteiger partial charge is 0.245 e. The highest BCUT2D eigenvalue weighted by Crippen LogP contribution is 2.51. The number of amides is 2. The molecule has 5 nitrogen and oxygen atoms in total. The summed E-state index contributed by atoms with van der Waals surface area (Å²) in [7, 11) is 2.05. The Morgan fingerprint density at radius 3 is 2.31 bits per heavy atom. The Kier molecular flexibility index (Phi) is 7.15. The third-order valence-corrected chi connectivity index (χ3v) is 7.48. The van der Waals surface area contributed by atoms with Gasteiger partial charge in [-0.2, -0.15) is 0 Å². The summed E-state index contributed by atoms with van der Waals surface area (Å²) in [4.78, 5) is 31.0. The van der Waals surface area contributed by atoms with Crippen LogP contribution < -0.4 is 5.32 Å². The van der Waals surface area contributed by atoms with Crippen molar-refractivity contribution < 1.29 is 9.59 Å². The summed E-state index contributed by atoms with van der Waals surface area (Å²) in [6, 6.07) is 12.5. The first-order valence-electron chi connectivity index (χ1n) is 10.8. The molecule has 0 radical (unpaired) electrons. The van der Waals surface area contributed by atoms with Gasteiger partial charge in [0.25, 0.3) is 0 Å². The van der Waals surface area contributed by atoms with Gasteiger partial charge in [-0.1, -0.05) is 57.3 Å². The number of carbonyl (C=O) groups is 2. The van der Waals surface area contributed by atoms with E-state index in [1.54, 1.807) is 12.1 Å². The number of halogens is 3. The molecule has 1 aliphatic carbocycles. The third-order valence-electron chi connectivity index (χ3n) is 6.40. The van der Waals surface area contributed by atoms with E-state index in [2.05, 4.69) is 33.2 Å². The molecule has 1 unspecified atom stereocenters. The maximum atomic E-state index is 13.5. The van der Waals surface area contributed by atoms with Crippen LogP contribution in [0, 0.1) is 0 Å². The van der Waals surface area contributed by atoms with Gasteiger partial charge in [-0.15, -0.1) is 0 Å². The van der Waals surface area contributed by atoms with Crippen molar-refractivity contribution in [1.82, 2.24) is 15.1 Å². The van der Waals surface area contributed by atoms with Crippen molar-refractivity contribution in [3.63, 3.8) is 0 Å². The Hall–Kier alpha value is -1.60. The molecule has 2 fully saturated rings. The lowest BCUT2D eigenvalue weighted by molar-refractivity contribution is -0.138. The number of rotatable bonds is 6. The molecular formula is C24H26BrCl2N3O2. The molecular weight excluding hydrogens is 513 g/mol. The van der Waals surface area contributed by atoms with Crippen molar-refractivity contribution in [1.29, 1.82) is 0 Å². The molecule has 8 heteroatoms. The summed E-state index contributed by atoms with van der Waals surface area (Å²) >= 11 is 15.9. The van der Waals surface area contributed by atoms with Crippen LogP contribution in [0.3, 0.4) is 0 Å². The number of hydrogen-bond acceptors (Lipinski definition) is 3. The third kappa shape index (κ3) is 5.14. The van der Waals surface area contributed by atoms with Crippen LogP contribution in [-0.2, 0) is 21.4 Å². The molecule has 170 valence electrons. The Morgan fingerprint density at radius 2 is 1.72 bits per heavy atom. The summed E-state index contributed by atoms with van der Waals surface area (Å²) in [5.74, 6) is -0.182. The van der Waals surface area contributed by atoms with E-state index >= 15 is 0 Å². The first-order chi connectivity index (χ1) is 15.3. The Labute approximate surface area is 207 Å². The summed E-state index contributed by atoms with van der Waals surface area (Å²) < 4.78 is 0.974. The summed E-state index contributed by atoms with van der Waals surface area (Å²) in [5, 5.41) is 4.11. The maximum Gasteiger partial charge on any atom is 0.245 e. The van der Waals surface area contributed by atoms with Gasteiger partial charge in [0.05, 0.1) is 5.41 Å². The number of hydrogen-bond donors (Lipinski definition) is 1. The fourth-order valence-corrected chi connectivity index (χ4v) is 5.07. The highest BCUT2D eigenvalue weighted by molar-refractivity contribution is 9.10. The van der Waals surface area contributed by atoms with Crippen LogP contribution in [0.15, 0.2) is 46.9 Å². The van der Waals surface area contributed by atoms with Gasteiger partial charge in [0.2, 0.25) is 11.8 Å². The lowest BCUT2D eigenvalue weighted by Crippen LogP contribution is -2.56. The molecule has 2 aromatic rings. The topological polar surface area (TPSA) is 52.6 Å². The van der Waals surface area contributed by atoms with Gasteiger partial charge >= 0.3 is 0 Å². The molecule has 32 heavy (non-hydrogen) atoms. The monoisotopic (exact) mass is 537 g/mol. The minimum atomic E-state index is -0.692. The van der Waals surface area contributed by atoms with Gasteiger partial charge in [0, 0.05) is 47.1 Å². The normalized spacial score (nSPS) is 18.8. The number of likely N-dealkylation sites (N-methyl/N-ethyl adjacent to an activating group) is 1. The van der Waals surface area contributed by atoms with Crippen LogP contribution in [-0.4, -0.2) is 60.9 Å². The molecule has 1 saturated heterocycles. The van der Waals surface area contributed by atoms with Crippen molar-refractivity contribution in [2.45, 2.75) is 30.7 Å². The molecule has 2 amide bonds. The van der Waals surface area contributed by atoms with E-state index in [-0.39, 0.29) is 11.8 Å². The van der Waals surface area contributed by atoms with E-state index in [9.17, 15) is 9.59 Å². The van der Waals surface area contributed by atoms with E-state index in [1.165, 1.54) is 0 Å². The van der Waals surface area contributed by atoms with Crippen molar-refractivity contribution >= 4 is 50.9 Å². The molecule has 0 aromatic heterocycles. The Balaban J connectivity index is 1.55. The largest absolute Gasteiger partial charge is 0.343 e. The number of nitrogens with one attached hydrogen (secondary N) is 1. The van der Waals surface area contributed by atoms with Crippen LogP contribution >= 0.6 is 39.1 Å². The standard InChI is InChI=1S/C24H26BrCl2N3O2/c1-29-10-12-30(13-11-29)22(31)21(14-16-2-4-17(25)5-3-16)28-23(32)24(8-9-24)19-7-6-18(26)15-20(19)27/h2-7,15,21H,8-14H2,1H3,(H,28,32). The van der Waals surface area contributed by atoms with Crippen molar-refractivity contribution in [3.05, 3.63) is 68.1 Å². The molecule has 0 spiro atoms. The molecule has 1 saturated carbocycles. The lowest BCUT2D eigenvalue weighted by atomic mass is 9.93. The first-order valence-corrected chi connectivity index (χ1v) is 12.3. The fourth-order valence-electron chi connectivity index (χ4n) is 4.22. The minimum absolute atomic E-state index is 0.0348. The van der Waals surface area contributed by atoms with Crippen molar-refractivity contribution in [2.24, 2.45) is 0 Å². The predicted octanol–water partition coefficient (Wildman–Crippen LogP) is 4.29. The quantitative estimate of drug-likeness (QED) is 0.597. The Bertz CT molecular complexity index is 1000. The lowest BCUT2D eigenvalue weighted by Gasteiger charge is -2.35. The number of carbonyl (C=O) groups excluding carboxylic acids is 2. The second kappa shape index (κ2) is 9.72. The molecule has 0 bridgehead atoms. The molecule has 2 aliphatic rings. The highest BCUT2D eigenvalue weighted by atomic mass is 79.9. The summed E-state index contributed by atoms with van der Waals surface area (Å²) in [6.07, 6.45) is 1.84. The van der Waals surface area contributed by atoms with Crippen LogP contribution in [0.25, 0.3) is 0 Å². The first kappa shape index (κ1) is 23.6. The van der Waals surface area contributed by atoms with E-state index in [1.807, 2.05) is 35.2 Å². The minimum Gasteiger partial charge on any atom is -0.343 e. The highest BCUT2D eigenvalue weighted by Gasteiger charge is 2.53. The van der Waals surface area contributed by atoms with Gasteiger partial charge in [-0.3, -0.25) is 9.59 Å². The van der Waals surface area contributed by atoms with E-state index in [4.69, 9.17) is 23.2 Å². The molecule has 1 N–H and O–H groups in total. The van der Waals surface area contributed by atoms with Gasteiger partial charge < -0.3 is 15.1 Å². The van der Waals surface area contributed by atoms with E-state index in [0.29, 0.717) is 42.4 Å². The van der Waals surface area contributed by atoms with Crippen LogP contribution in [0.2, 0.25) is 10.0 Å². The fraction of sp³-hybridized carbons (Fsp3) is 0.417. The van der Waals surface area contributed by atoms with Crippen molar-refractivity contribution in [3.8, 4) is 0 Å². The molecule has 1 atom stereocenters. The zero-order chi connectivity index (χ0) is 22.9. The Morgan fingerprint density at radius 1 is 1.06 bits per heavy atom. The maximum absolute atomic E-state index is 13.5. The molecule has 2 aromatic carbocycles. The van der Waals surface area contributed by atoms with E-state index < -0.39 is 11.5 Å². The van der Waals surface area contributed by atoms with E-state index in [0.717, 1.165) is 28.7 Å². The second-order valence-corrected chi connectivity index (χ2v) is 10.5. The van der Waals surface area contributed by atoms with Crippen molar-refractivity contribution in [2.75, 3.05) is 33.2 Å². The van der Waals surface area contributed by atoms with Gasteiger partial charge in [0.15, 0.2) is 0 Å². The van der Waals surface area contributed by atoms with Crippen LogP contribution in [0.4, 0.5) is 0 Å². The predicted molar refractivity (Wildman–Crippen MR) is 131 cm³/mol. The summed E-state index contributed by atoms with van der Waals surface area (Å²) in [6.45, 7) is 2.98.